The third-order valence-electron chi connectivity index (χ3n) is 3.41. The Kier molecular flexibility index (Phi) is 1.98. The van der Waals surface area contributed by atoms with Crippen molar-refractivity contribution in [3.8, 4) is 0 Å². The van der Waals surface area contributed by atoms with Crippen molar-refractivity contribution in [3.05, 3.63) is 22.7 Å². The monoisotopic (exact) mass is 206 g/mol. The second kappa shape index (κ2) is 3.34. The molecule has 0 unspecified atom stereocenters. The number of hydrogen-bond donors (Lipinski definition) is 2. The van der Waals surface area contributed by atoms with Crippen molar-refractivity contribution in [2.75, 3.05) is 24.5 Å². The van der Waals surface area contributed by atoms with Crippen LogP contribution in [-0.4, -0.2) is 35.6 Å². The Hall–Kier alpha value is -1.36. The third-order valence-corrected chi connectivity index (χ3v) is 3.41. The smallest absolute Gasteiger partial charge is 0.290 e. The van der Waals surface area contributed by atoms with E-state index in [0.29, 0.717) is 17.8 Å². The normalized spacial score (nSPS) is 29.5. The summed E-state index contributed by atoms with van der Waals surface area (Å²) in [5, 5.41) is 3.36. The molecule has 0 aromatic carbocycles. The highest BCUT2D eigenvalue weighted by atomic mass is 16.1. The van der Waals surface area contributed by atoms with Gasteiger partial charge >= 0.3 is 0 Å². The van der Waals surface area contributed by atoms with E-state index in [2.05, 4.69) is 20.2 Å². The fraction of sp³-hybridized carbons (Fsp3) is 0.600. The minimum absolute atomic E-state index is 0.0787. The highest BCUT2D eigenvalue weighted by molar-refractivity contribution is 5.39. The zero-order chi connectivity index (χ0) is 10.3. The summed E-state index contributed by atoms with van der Waals surface area (Å²) in [5.74, 6) is 1.26. The van der Waals surface area contributed by atoms with E-state index in [4.69, 9.17) is 0 Å². The Bertz CT molecular complexity index is 416. The summed E-state index contributed by atoms with van der Waals surface area (Å²) in [7, 11) is 0. The maximum absolute atomic E-state index is 11.6. The predicted molar refractivity (Wildman–Crippen MR) is 57.0 cm³/mol. The summed E-state index contributed by atoms with van der Waals surface area (Å²) in [6.45, 7) is 3.00. The van der Waals surface area contributed by atoms with E-state index in [1.165, 1.54) is 0 Å². The number of rotatable bonds is 1. The van der Waals surface area contributed by atoms with Crippen LogP contribution < -0.4 is 15.8 Å². The lowest BCUT2D eigenvalue weighted by molar-refractivity contribution is 0.577. The van der Waals surface area contributed by atoms with Crippen molar-refractivity contribution >= 4 is 5.82 Å². The first-order chi connectivity index (χ1) is 7.36. The fourth-order valence-electron chi connectivity index (χ4n) is 2.66. The fourth-order valence-corrected chi connectivity index (χ4v) is 2.66. The van der Waals surface area contributed by atoms with E-state index in [9.17, 15) is 4.79 Å². The van der Waals surface area contributed by atoms with Crippen molar-refractivity contribution in [1.82, 2.24) is 15.3 Å². The first kappa shape index (κ1) is 8.91. The number of fused-ring (bicyclic) bond motifs is 1. The van der Waals surface area contributed by atoms with Crippen molar-refractivity contribution in [2.45, 2.75) is 12.5 Å². The molecule has 2 aliphatic rings. The van der Waals surface area contributed by atoms with Crippen molar-refractivity contribution in [1.29, 1.82) is 0 Å². The molecular formula is C10H14N4O. The number of aromatic amines is 1. The van der Waals surface area contributed by atoms with Crippen molar-refractivity contribution < 1.29 is 0 Å². The van der Waals surface area contributed by atoms with E-state index in [-0.39, 0.29) is 5.56 Å². The van der Waals surface area contributed by atoms with Gasteiger partial charge in [0.2, 0.25) is 0 Å². The van der Waals surface area contributed by atoms with Crippen LogP contribution in [0.1, 0.15) is 6.42 Å². The van der Waals surface area contributed by atoms with Gasteiger partial charge < -0.3 is 15.2 Å². The molecule has 0 spiro atoms. The Morgan fingerprint density at radius 2 is 2.40 bits per heavy atom. The molecule has 0 amide bonds. The van der Waals surface area contributed by atoms with Crippen LogP contribution in [0.5, 0.6) is 0 Å². The molecule has 0 bridgehead atoms. The average Bonchev–Trinajstić information content (AvgIpc) is 2.80. The Morgan fingerprint density at radius 3 is 3.27 bits per heavy atom. The molecule has 0 radical (unpaired) electrons. The van der Waals surface area contributed by atoms with Gasteiger partial charge in [0.15, 0.2) is 5.82 Å². The molecule has 1 aromatic rings. The molecule has 2 fully saturated rings. The molecular weight excluding hydrogens is 192 g/mol. The Morgan fingerprint density at radius 1 is 1.47 bits per heavy atom. The van der Waals surface area contributed by atoms with Crippen LogP contribution in [-0.2, 0) is 0 Å². The number of aromatic nitrogens is 2. The molecule has 3 rings (SSSR count). The summed E-state index contributed by atoms with van der Waals surface area (Å²) in [4.78, 5) is 20.6. The SMILES string of the molecule is O=c1[nH]ccnc1N1CC[C@H]2CNC[C@H]21. The largest absolute Gasteiger partial charge is 0.347 e. The second-order valence-electron chi connectivity index (χ2n) is 4.21. The van der Waals surface area contributed by atoms with Gasteiger partial charge in [0, 0.05) is 38.1 Å². The second-order valence-corrected chi connectivity index (χ2v) is 4.21. The van der Waals surface area contributed by atoms with Crippen LogP contribution >= 0.6 is 0 Å². The van der Waals surface area contributed by atoms with E-state index in [0.717, 1.165) is 26.1 Å². The Balaban J connectivity index is 1.95. The van der Waals surface area contributed by atoms with Gasteiger partial charge in [-0.15, -0.1) is 0 Å². The van der Waals surface area contributed by atoms with Crippen LogP contribution in [0.4, 0.5) is 5.82 Å². The van der Waals surface area contributed by atoms with E-state index in [1.54, 1.807) is 12.4 Å². The minimum Gasteiger partial charge on any atom is -0.347 e. The molecule has 0 saturated carbocycles. The van der Waals surface area contributed by atoms with Crippen LogP contribution in [0.25, 0.3) is 0 Å². The standard InChI is InChI=1S/C10H14N4O/c15-10-9(12-2-3-13-10)14-4-1-7-5-11-6-8(7)14/h2-3,7-8,11H,1,4-6H2,(H,13,15)/t7-,8+/m0/s1. The van der Waals surface area contributed by atoms with Crippen LogP contribution in [0.15, 0.2) is 17.2 Å². The lowest BCUT2D eigenvalue weighted by Crippen LogP contribution is -2.38. The molecule has 1 aromatic heterocycles. The van der Waals surface area contributed by atoms with Gasteiger partial charge in [-0.1, -0.05) is 0 Å². The summed E-state index contributed by atoms with van der Waals surface area (Å²) >= 11 is 0. The number of hydrogen-bond acceptors (Lipinski definition) is 4. The Labute approximate surface area is 87.5 Å². The molecule has 5 heteroatoms. The lowest BCUT2D eigenvalue weighted by Gasteiger charge is -2.23. The highest BCUT2D eigenvalue weighted by Crippen LogP contribution is 2.28. The molecule has 2 N–H and O–H groups in total. The quantitative estimate of drug-likeness (QED) is 0.654. The van der Waals surface area contributed by atoms with Gasteiger partial charge in [-0.25, -0.2) is 4.98 Å². The number of H-pyrrole nitrogens is 1. The van der Waals surface area contributed by atoms with Gasteiger partial charge in [-0.3, -0.25) is 4.79 Å². The van der Waals surface area contributed by atoms with Crippen LogP contribution in [0.3, 0.4) is 0 Å². The number of nitrogens with one attached hydrogen (secondary N) is 2. The maximum Gasteiger partial charge on any atom is 0.290 e. The molecule has 2 atom stereocenters. The number of nitrogens with zero attached hydrogens (tertiary/aromatic N) is 2. The van der Waals surface area contributed by atoms with Crippen molar-refractivity contribution in [2.24, 2.45) is 5.92 Å². The zero-order valence-corrected chi connectivity index (χ0v) is 8.44. The lowest BCUT2D eigenvalue weighted by atomic mass is 10.1. The molecule has 15 heavy (non-hydrogen) atoms. The highest BCUT2D eigenvalue weighted by Gasteiger charge is 2.38. The predicted octanol–water partition coefficient (Wildman–Crippen LogP) is -0.432. The first-order valence-corrected chi connectivity index (χ1v) is 5.37. The molecule has 80 valence electrons. The molecule has 5 nitrogen and oxygen atoms in total. The topological polar surface area (TPSA) is 61.0 Å². The van der Waals surface area contributed by atoms with Gasteiger partial charge in [0.05, 0.1) is 0 Å². The van der Waals surface area contributed by atoms with E-state index in [1.807, 2.05) is 0 Å². The molecule has 2 aliphatic heterocycles. The van der Waals surface area contributed by atoms with Crippen LogP contribution in [0.2, 0.25) is 0 Å². The number of anilines is 1. The summed E-state index contributed by atoms with van der Waals surface area (Å²) in [6, 6.07) is 0.459. The summed E-state index contributed by atoms with van der Waals surface area (Å²) in [6.07, 6.45) is 4.38. The minimum atomic E-state index is -0.0787. The zero-order valence-electron chi connectivity index (χ0n) is 8.44. The van der Waals surface area contributed by atoms with Crippen LogP contribution in [0, 0.1) is 5.92 Å². The van der Waals surface area contributed by atoms with Crippen molar-refractivity contribution in [3.63, 3.8) is 0 Å². The summed E-state index contributed by atoms with van der Waals surface area (Å²) in [5.41, 5.74) is -0.0787. The summed E-state index contributed by atoms with van der Waals surface area (Å²) < 4.78 is 0. The van der Waals surface area contributed by atoms with Gasteiger partial charge in [-0.05, 0) is 12.3 Å². The first-order valence-electron chi connectivity index (χ1n) is 5.37. The third kappa shape index (κ3) is 1.34. The molecule has 0 aliphatic carbocycles. The maximum atomic E-state index is 11.6. The van der Waals surface area contributed by atoms with E-state index < -0.39 is 0 Å². The van der Waals surface area contributed by atoms with E-state index >= 15 is 0 Å². The molecule has 3 heterocycles. The van der Waals surface area contributed by atoms with Gasteiger partial charge in [-0.2, -0.15) is 0 Å². The molecule has 2 saturated heterocycles. The van der Waals surface area contributed by atoms with Gasteiger partial charge in [0.25, 0.3) is 5.56 Å². The van der Waals surface area contributed by atoms with Gasteiger partial charge in [0.1, 0.15) is 0 Å². The average molecular weight is 206 g/mol.